The van der Waals surface area contributed by atoms with Crippen LogP contribution in [-0.2, 0) is 6.42 Å². The minimum atomic E-state index is -0.862. The van der Waals surface area contributed by atoms with Crippen molar-refractivity contribution in [2.45, 2.75) is 12.8 Å². The Bertz CT molecular complexity index is 569. The molecular formula is C12H10N2O2. The van der Waals surface area contributed by atoms with E-state index in [0.29, 0.717) is 5.56 Å². The fourth-order valence-corrected chi connectivity index (χ4v) is 2.26. The molecule has 0 amide bonds. The Morgan fingerprint density at radius 3 is 3.19 bits per heavy atom. The summed E-state index contributed by atoms with van der Waals surface area (Å²) in [7, 11) is 0. The molecule has 0 radical (unpaired) electrons. The lowest BCUT2D eigenvalue weighted by Crippen LogP contribution is -1.99. The molecule has 0 aromatic carbocycles. The lowest BCUT2D eigenvalue weighted by atomic mass is 10.0. The van der Waals surface area contributed by atoms with Gasteiger partial charge in [0.15, 0.2) is 0 Å². The molecule has 2 aliphatic carbocycles. The average Bonchev–Trinajstić information content (AvgIpc) is 2.50. The summed E-state index contributed by atoms with van der Waals surface area (Å²) in [6.07, 6.45) is 7.34. The SMILES string of the molecule is O=C(O)c1cc2c[nH]nc3c-2c1CCC=C3. The molecule has 80 valence electrons. The lowest BCUT2D eigenvalue weighted by molar-refractivity contribution is 0.0696. The molecule has 1 aliphatic heterocycles. The Morgan fingerprint density at radius 2 is 2.38 bits per heavy atom. The molecule has 0 aromatic rings. The smallest absolute Gasteiger partial charge is 0.336 e. The fourth-order valence-electron chi connectivity index (χ4n) is 2.26. The van der Waals surface area contributed by atoms with E-state index in [2.05, 4.69) is 10.2 Å². The predicted molar refractivity (Wildman–Crippen MR) is 59.5 cm³/mol. The number of carboxylic acid groups (broad SMARTS) is 1. The zero-order valence-corrected chi connectivity index (χ0v) is 8.53. The van der Waals surface area contributed by atoms with Gasteiger partial charge in [0.1, 0.15) is 0 Å². The normalized spacial score (nSPS) is 14.0. The highest BCUT2D eigenvalue weighted by Gasteiger charge is 2.23. The summed E-state index contributed by atoms with van der Waals surface area (Å²) in [6.45, 7) is 0. The van der Waals surface area contributed by atoms with Crippen molar-refractivity contribution in [2.75, 3.05) is 0 Å². The largest absolute Gasteiger partial charge is 0.478 e. The third kappa shape index (κ3) is 1.16. The first-order valence-electron chi connectivity index (χ1n) is 5.16. The number of aromatic amines is 1. The van der Waals surface area contributed by atoms with Gasteiger partial charge < -0.3 is 5.11 Å². The Kier molecular flexibility index (Phi) is 1.83. The van der Waals surface area contributed by atoms with E-state index in [-0.39, 0.29) is 0 Å². The number of H-pyrrole nitrogens is 1. The number of nitrogens with one attached hydrogen (secondary N) is 1. The third-order valence-electron chi connectivity index (χ3n) is 2.94. The van der Waals surface area contributed by atoms with Crippen molar-refractivity contribution in [3.63, 3.8) is 0 Å². The number of hydrogen-bond donors (Lipinski definition) is 2. The maximum Gasteiger partial charge on any atom is 0.336 e. The Morgan fingerprint density at radius 1 is 1.50 bits per heavy atom. The lowest BCUT2D eigenvalue weighted by Gasteiger charge is -2.04. The second-order valence-corrected chi connectivity index (χ2v) is 3.88. The number of carbonyl (C=O) groups is 1. The molecule has 3 aliphatic rings. The van der Waals surface area contributed by atoms with Gasteiger partial charge in [-0.05, 0) is 30.5 Å². The first-order valence-corrected chi connectivity index (χ1v) is 5.16. The highest BCUT2D eigenvalue weighted by molar-refractivity contribution is 5.97. The second kappa shape index (κ2) is 3.20. The van der Waals surface area contributed by atoms with Gasteiger partial charge in [0, 0.05) is 17.3 Å². The van der Waals surface area contributed by atoms with Gasteiger partial charge in [-0.2, -0.15) is 5.10 Å². The van der Waals surface area contributed by atoms with Crippen molar-refractivity contribution in [1.29, 1.82) is 0 Å². The van der Waals surface area contributed by atoms with Crippen molar-refractivity contribution >= 4 is 12.0 Å². The fraction of sp³-hybridized carbons (Fsp3) is 0.167. The van der Waals surface area contributed by atoms with Crippen LogP contribution in [0.2, 0.25) is 0 Å². The molecule has 4 heteroatoms. The third-order valence-corrected chi connectivity index (χ3v) is 2.94. The van der Waals surface area contributed by atoms with Crippen LogP contribution in [0.5, 0.6) is 0 Å². The summed E-state index contributed by atoms with van der Waals surface area (Å²) in [5.74, 6) is -0.862. The van der Waals surface area contributed by atoms with E-state index < -0.39 is 5.97 Å². The van der Waals surface area contributed by atoms with Gasteiger partial charge in [-0.1, -0.05) is 6.08 Å². The van der Waals surface area contributed by atoms with Crippen molar-refractivity contribution in [3.8, 4) is 11.1 Å². The standard InChI is InChI=1S/C12H10N2O2/c15-12(16)9-5-7-6-13-14-10-4-2-1-3-8(9)11(7)10/h2,4-6,13H,1,3H2,(H,15,16). The molecule has 0 saturated heterocycles. The van der Waals surface area contributed by atoms with Crippen molar-refractivity contribution < 1.29 is 9.90 Å². The molecule has 0 unspecified atom stereocenters. The number of carboxylic acids is 1. The molecule has 4 nitrogen and oxygen atoms in total. The highest BCUT2D eigenvalue weighted by atomic mass is 16.4. The predicted octanol–water partition coefficient (Wildman–Crippen LogP) is 2.17. The summed E-state index contributed by atoms with van der Waals surface area (Å²) < 4.78 is 0. The van der Waals surface area contributed by atoms with Crippen molar-refractivity contribution in [2.24, 2.45) is 0 Å². The van der Waals surface area contributed by atoms with Crippen LogP contribution in [0, 0.1) is 0 Å². The maximum absolute atomic E-state index is 11.1. The minimum Gasteiger partial charge on any atom is -0.478 e. The summed E-state index contributed by atoms with van der Waals surface area (Å²) in [5.41, 5.74) is 4.04. The van der Waals surface area contributed by atoms with E-state index in [1.807, 2.05) is 12.2 Å². The summed E-state index contributed by atoms with van der Waals surface area (Å²) in [5, 5.41) is 16.1. The minimum absolute atomic E-state index is 0.404. The quantitative estimate of drug-likeness (QED) is 0.764. The van der Waals surface area contributed by atoms with E-state index in [0.717, 1.165) is 35.2 Å². The van der Waals surface area contributed by atoms with Gasteiger partial charge in [0.2, 0.25) is 0 Å². The average molecular weight is 214 g/mol. The van der Waals surface area contributed by atoms with E-state index in [9.17, 15) is 4.79 Å². The molecule has 0 bridgehead atoms. The summed E-state index contributed by atoms with van der Waals surface area (Å²) >= 11 is 0. The topological polar surface area (TPSA) is 66.0 Å². The Labute approximate surface area is 91.9 Å². The maximum atomic E-state index is 11.1. The van der Waals surface area contributed by atoms with Gasteiger partial charge in [-0.15, -0.1) is 0 Å². The Hall–Kier alpha value is -2.10. The molecule has 0 spiro atoms. The van der Waals surface area contributed by atoms with Crippen LogP contribution in [-0.4, -0.2) is 21.3 Å². The van der Waals surface area contributed by atoms with E-state index >= 15 is 0 Å². The molecule has 1 heterocycles. The number of hydrogen-bond acceptors (Lipinski definition) is 2. The van der Waals surface area contributed by atoms with Crippen LogP contribution in [0.25, 0.3) is 17.2 Å². The Balaban J connectivity index is 2.38. The monoisotopic (exact) mass is 214 g/mol. The van der Waals surface area contributed by atoms with Gasteiger partial charge in [-0.3, -0.25) is 5.10 Å². The number of aromatic nitrogens is 2. The van der Waals surface area contributed by atoms with Crippen LogP contribution in [0.3, 0.4) is 0 Å². The molecule has 3 rings (SSSR count). The van der Waals surface area contributed by atoms with E-state index in [4.69, 9.17) is 5.11 Å². The molecule has 2 N–H and O–H groups in total. The van der Waals surface area contributed by atoms with E-state index in [1.54, 1.807) is 12.3 Å². The first kappa shape index (κ1) is 9.15. The van der Waals surface area contributed by atoms with Crippen LogP contribution in [0.4, 0.5) is 0 Å². The number of rotatable bonds is 1. The van der Waals surface area contributed by atoms with Gasteiger partial charge in [0.25, 0.3) is 0 Å². The molecule has 0 aromatic heterocycles. The van der Waals surface area contributed by atoms with Crippen molar-refractivity contribution in [1.82, 2.24) is 10.2 Å². The molecular weight excluding hydrogens is 204 g/mol. The molecule has 16 heavy (non-hydrogen) atoms. The van der Waals surface area contributed by atoms with Gasteiger partial charge >= 0.3 is 5.97 Å². The first-order chi connectivity index (χ1) is 7.77. The van der Waals surface area contributed by atoms with Crippen LogP contribution >= 0.6 is 0 Å². The number of aromatic carboxylic acids is 1. The van der Waals surface area contributed by atoms with Crippen LogP contribution in [0.15, 0.2) is 18.3 Å². The van der Waals surface area contributed by atoms with Crippen LogP contribution < -0.4 is 0 Å². The summed E-state index contributed by atoms with van der Waals surface area (Å²) in [6, 6.07) is 1.72. The molecule has 0 atom stereocenters. The molecule has 0 saturated carbocycles. The number of allylic oxidation sites excluding steroid dienone is 1. The van der Waals surface area contributed by atoms with Gasteiger partial charge in [-0.25, -0.2) is 4.79 Å². The van der Waals surface area contributed by atoms with Crippen LogP contribution in [0.1, 0.15) is 28.0 Å². The number of nitrogens with zero attached hydrogens (tertiary/aromatic N) is 1. The summed E-state index contributed by atoms with van der Waals surface area (Å²) in [4.78, 5) is 11.1. The van der Waals surface area contributed by atoms with Crippen molar-refractivity contribution in [3.05, 3.63) is 35.2 Å². The highest BCUT2D eigenvalue weighted by Crippen LogP contribution is 2.36. The molecule has 0 fully saturated rings. The second-order valence-electron chi connectivity index (χ2n) is 3.88. The van der Waals surface area contributed by atoms with Gasteiger partial charge in [0.05, 0.1) is 11.3 Å². The zero-order valence-electron chi connectivity index (χ0n) is 8.53. The zero-order chi connectivity index (χ0) is 11.1. The van der Waals surface area contributed by atoms with E-state index in [1.165, 1.54) is 0 Å².